The SMILES string of the molecule is CS(=O)(=O)N(CC(=O)N=Nc1c(O)[nH]c2ccc(Br)cc12)c1ccc(C23CC4CC(CC(C4)C2)C3)cc1. The number of aromatic amines is 1. The van der Waals surface area contributed by atoms with Gasteiger partial charge in [-0.25, -0.2) is 8.42 Å². The van der Waals surface area contributed by atoms with Crippen molar-refractivity contribution in [1.29, 1.82) is 0 Å². The normalized spacial score (nSPS) is 26.8. The molecule has 1 aromatic heterocycles. The van der Waals surface area contributed by atoms with Gasteiger partial charge in [0.15, 0.2) is 5.69 Å². The predicted octanol–water partition coefficient (Wildman–Crippen LogP) is 6.18. The second-order valence-corrected chi connectivity index (χ2v) is 13.9. The van der Waals surface area contributed by atoms with Crippen LogP contribution in [-0.2, 0) is 20.2 Å². The van der Waals surface area contributed by atoms with E-state index in [4.69, 9.17) is 0 Å². The van der Waals surface area contributed by atoms with Crippen LogP contribution in [0.25, 0.3) is 10.9 Å². The highest BCUT2D eigenvalue weighted by atomic mass is 79.9. The highest BCUT2D eigenvalue weighted by molar-refractivity contribution is 9.10. The van der Waals surface area contributed by atoms with Crippen LogP contribution in [0.1, 0.15) is 44.1 Å². The summed E-state index contributed by atoms with van der Waals surface area (Å²) in [4.78, 5) is 15.5. The van der Waals surface area contributed by atoms with Crippen LogP contribution < -0.4 is 4.31 Å². The Hall–Kier alpha value is -2.72. The molecule has 2 N–H and O–H groups in total. The first kappa shape index (κ1) is 24.6. The number of hydrogen-bond donors (Lipinski definition) is 2. The van der Waals surface area contributed by atoms with E-state index in [-0.39, 0.29) is 17.0 Å². The van der Waals surface area contributed by atoms with Crippen molar-refractivity contribution in [3.63, 3.8) is 0 Å². The fourth-order valence-electron chi connectivity index (χ4n) is 7.34. The van der Waals surface area contributed by atoms with Crippen molar-refractivity contribution in [2.75, 3.05) is 17.1 Å². The number of benzene rings is 2. The summed E-state index contributed by atoms with van der Waals surface area (Å²) in [5.74, 6) is 1.50. The summed E-state index contributed by atoms with van der Waals surface area (Å²) < 4.78 is 27.1. The number of aromatic nitrogens is 1. The second kappa shape index (κ2) is 8.94. The molecule has 4 saturated carbocycles. The standard InChI is InChI=1S/C27H29BrN4O4S/c1-37(35,36)32(15-24(33)30-31-25-22-11-20(28)4-7-23(22)29-26(25)34)21-5-2-19(3-6-21)27-12-16-8-17(13-27)10-18(9-16)14-27/h2-7,11,16-18,29,34H,8-10,12-15H2,1H3. The van der Waals surface area contributed by atoms with Gasteiger partial charge in [0.25, 0.3) is 5.91 Å². The lowest BCUT2D eigenvalue weighted by molar-refractivity contribution is -0.116. The van der Waals surface area contributed by atoms with Crippen LogP contribution >= 0.6 is 15.9 Å². The molecule has 1 heterocycles. The second-order valence-electron chi connectivity index (χ2n) is 11.1. The molecule has 4 bridgehead atoms. The van der Waals surface area contributed by atoms with Gasteiger partial charge in [-0.1, -0.05) is 28.1 Å². The zero-order chi connectivity index (χ0) is 25.9. The van der Waals surface area contributed by atoms with Crippen molar-refractivity contribution in [3.05, 3.63) is 52.5 Å². The molecule has 0 aliphatic heterocycles. The Balaban J connectivity index is 1.22. The smallest absolute Gasteiger partial charge is 0.285 e. The number of rotatable bonds is 6. The molecule has 194 valence electrons. The molecule has 4 fully saturated rings. The van der Waals surface area contributed by atoms with E-state index in [1.165, 1.54) is 44.1 Å². The number of aromatic hydroxyl groups is 1. The summed E-state index contributed by atoms with van der Waals surface area (Å²) in [5.41, 5.74) is 2.69. The van der Waals surface area contributed by atoms with Gasteiger partial charge in [-0.05, 0) is 97.6 Å². The van der Waals surface area contributed by atoms with Crippen molar-refractivity contribution in [2.24, 2.45) is 28.0 Å². The average Bonchev–Trinajstić information content (AvgIpc) is 3.14. The Kier molecular flexibility index (Phi) is 5.95. The van der Waals surface area contributed by atoms with Crippen molar-refractivity contribution in [1.82, 2.24) is 4.98 Å². The van der Waals surface area contributed by atoms with E-state index in [2.05, 4.69) is 43.3 Å². The number of anilines is 1. The van der Waals surface area contributed by atoms with Gasteiger partial charge in [0.05, 0.1) is 17.5 Å². The maximum Gasteiger partial charge on any atom is 0.285 e. The van der Waals surface area contributed by atoms with Gasteiger partial charge in [-0.15, -0.1) is 10.2 Å². The molecule has 0 spiro atoms. The van der Waals surface area contributed by atoms with Crippen LogP contribution in [0.15, 0.2) is 57.2 Å². The van der Waals surface area contributed by atoms with E-state index >= 15 is 0 Å². The molecular weight excluding hydrogens is 556 g/mol. The van der Waals surface area contributed by atoms with Crippen molar-refractivity contribution >= 4 is 54.1 Å². The van der Waals surface area contributed by atoms with Gasteiger partial charge in [0.1, 0.15) is 6.54 Å². The number of sulfonamides is 1. The molecule has 2 aromatic carbocycles. The van der Waals surface area contributed by atoms with Gasteiger partial charge in [0.2, 0.25) is 15.9 Å². The van der Waals surface area contributed by atoms with Crippen LogP contribution in [0.2, 0.25) is 0 Å². The highest BCUT2D eigenvalue weighted by Crippen LogP contribution is 2.60. The number of nitrogens with zero attached hydrogens (tertiary/aromatic N) is 3. The number of azo groups is 1. The van der Waals surface area contributed by atoms with E-state index < -0.39 is 22.5 Å². The largest absolute Gasteiger partial charge is 0.493 e. The number of carbonyl (C=O) groups excluding carboxylic acids is 1. The third-order valence-corrected chi connectivity index (χ3v) is 10.1. The number of amides is 1. The van der Waals surface area contributed by atoms with Crippen molar-refractivity contribution in [3.8, 4) is 5.88 Å². The first-order valence-electron chi connectivity index (χ1n) is 12.6. The molecule has 7 rings (SSSR count). The van der Waals surface area contributed by atoms with Gasteiger partial charge < -0.3 is 10.1 Å². The number of hydrogen-bond acceptors (Lipinski definition) is 5. The summed E-state index contributed by atoms with van der Waals surface area (Å²) in [6.45, 7) is -0.480. The quantitative estimate of drug-likeness (QED) is 0.336. The first-order chi connectivity index (χ1) is 17.6. The number of halogens is 1. The third kappa shape index (κ3) is 4.58. The van der Waals surface area contributed by atoms with E-state index in [0.29, 0.717) is 16.6 Å². The molecule has 37 heavy (non-hydrogen) atoms. The van der Waals surface area contributed by atoms with Crippen molar-refractivity contribution in [2.45, 2.75) is 43.9 Å². The summed E-state index contributed by atoms with van der Waals surface area (Å²) in [6.07, 6.45) is 8.85. The third-order valence-electron chi connectivity index (χ3n) is 8.46. The lowest BCUT2D eigenvalue weighted by Gasteiger charge is -2.57. The molecule has 4 aliphatic carbocycles. The van der Waals surface area contributed by atoms with Crippen molar-refractivity contribution < 1.29 is 18.3 Å². The lowest BCUT2D eigenvalue weighted by atomic mass is 9.48. The molecule has 4 aliphatic rings. The molecule has 8 nitrogen and oxygen atoms in total. The number of fused-ring (bicyclic) bond motifs is 1. The maximum atomic E-state index is 12.7. The zero-order valence-corrected chi connectivity index (χ0v) is 22.9. The molecule has 10 heteroatoms. The fraction of sp³-hybridized carbons (Fsp3) is 0.444. The Labute approximate surface area is 224 Å². The molecule has 3 aromatic rings. The Morgan fingerprint density at radius 3 is 2.30 bits per heavy atom. The molecule has 0 saturated heterocycles. The average molecular weight is 586 g/mol. The molecule has 0 atom stereocenters. The molecule has 1 amide bonds. The predicted molar refractivity (Wildman–Crippen MR) is 146 cm³/mol. The lowest BCUT2D eigenvalue weighted by Crippen LogP contribution is -2.48. The topological polar surface area (TPSA) is 115 Å². The highest BCUT2D eigenvalue weighted by Gasteiger charge is 2.51. The van der Waals surface area contributed by atoms with E-state index in [1.54, 1.807) is 12.1 Å². The Morgan fingerprint density at radius 1 is 1.08 bits per heavy atom. The van der Waals surface area contributed by atoms with Crippen LogP contribution in [0.5, 0.6) is 5.88 Å². The van der Waals surface area contributed by atoms with Crippen LogP contribution in [-0.4, -0.2) is 37.2 Å². The fourth-order valence-corrected chi connectivity index (χ4v) is 8.55. The van der Waals surface area contributed by atoms with Crippen LogP contribution in [0, 0.1) is 17.8 Å². The van der Waals surface area contributed by atoms with Gasteiger partial charge in [-0.2, -0.15) is 0 Å². The van der Waals surface area contributed by atoms with Gasteiger partial charge >= 0.3 is 0 Å². The number of nitrogens with one attached hydrogen (secondary N) is 1. The van der Waals surface area contributed by atoms with E-state index in [1.807, 2.05) is 18.2 Å². The molecular formula is C27H29BrN4O4S. The monoisotopic (exact) mass is 584 g/mol. The number of H-pyrrole nitrogens is 1. The Morgan fingerprint density at radius 2 is 1.70 bits per heavy atom. The molecule has 0 radical (unpaired) electrons. The zero-order valence-electron chi connectivity index (χ0n) is 20.5. The Bertz CT molecular complexity index is 1480. The van der Waals surface area contributed by atoms with Gasteiger partial charge in [-0.3, -0.25) is 9.10 Å². The first-order valence-corrected chi connectivity index (χ1v) is 15.3. The van der Waals surface area contributed by atoms with Crippen LogP contribution in [0.4, 0.5) is 11.4 Å². The van der Waals surface area contributed by atoms with E-state index in [0.717, 1.165) is 32.8 Å². The minimum Gasteiger partial charge on any atom is -0.493 e. The summed E-state index contributed by atoms with van der Waals surface area (Å²) in [5, 5.41) is 18.4. The minimum atomic E-state index is -3.74. The minimum absolute atomic E-state index is 0.121. The summed E-state index contributed by atoms with van der Waals surface area (Å²) in [6, 6.07) is 13.0. The summed E-state index contributed by atoms with van der Waals surface area (Å²) >= 11 is 3.38. The van der Waals surface area contributed by atoms with Crippen LogP contribution in [0.3, 0.4) is 0 Å². The maximum absolute atomic E-state index is 12.7. The molecule has 0 unspecified atom stereocenters. The summed E-state index contributed by atoms with van der Waals surface area (Å²) in [7, 11) is -3.74. The number of carbonyl (C=O) groups is 1. The van der Waals surface area contributed by atoms with E-state index in [9.17, 15) is 18.3 Å². The van der Waals surface area contributed by atoms with Gasteiger partial charge in [0, 0.05) is 9.86 Å².